The van der Waals surface area contributed by atoms with Crippen LogP contribution in [0.15, 0.2) is 15.0 Å². The summed E-state index contributed by atoms with van der Waals surface area (Å²) in [6.45, 7) is 1.85. The van der Waals surface area contributed by atoms with E-state index in [4.69, 9.17) is 15.2 Å². The van der Waals surface area contributed by atoms with Crippen LogP contribution in [-0.2, 0) is 9.53 Å². The molecule has 134 valence electrons. The number of carbonyl (C=O) groups excluding carboxylic acids is 2. The van der Waals surface area contributed by atoms with Gasteiger partial charge in [0.05, 0.1) is 18.2 Å². The van der Waals surface area contributed by atoms with Gasteiger partial charge in [0, 0.05) is 10.0 Å². The van der Waals surface area contributed by atoms with Gasteiger partial charge in [-0.25, -0.2) is 4.79 Å². The van der Waals surface area contributed by atoms with Gasteiger partial charge in [0.25, 0.3) is 5.91 Å². The maximum absolute atomic E-state index is 11.5. The zero-order valence-corrected chi connectivity index (χ0v) is 16.4. The number of halogens is 2. The SMILES string of the molecule is CCOc1cc(-c2n[nH]nc2C(N)=O)c(Br)c(Br)c1OCC(=O)OC. The molecule has 25 heavy (non-hydrogen) atoms. The normalized spacial score (nSPS) is 10.4. The Kier molecular flexibility index (Phi) is 6.37. The van der Waals surface area contributed by atoms with Crippen LogP contribution < -0.4 is 15.2 Å². The molecule has 3 N–H and O–H groups in total. The number of nitrogens with one attached hydrogen (secondary N) is 1. The van der Waals surface area contributed by atoms with Crippen molar-refractivity contribution in [1.82, 2.24) is 15.4 Å². The third kappa shape index (κ3) is 4.10. The molecular weight excluding hydrogens is 464 g/mol. The van der Waals surface area contributed by atoms with Gasteiger partial charge in [-0.15, -0.1) is 0 Å². The lowest BCUT2D eigenvalue weighted by Gasteiger charge is -2.16. The Bertz CT molecular complexity index is 809. The third-order valence-corrected chi connectivity index (χ3v) is 5.14. The molecule has 0 spiro atoms. The fourth-order valence-electron chi connectivity index (χ4n) is 1.94. The molecule has 2 rings (SSSR count). The van der Waals surface area contributed by atoms with Crippen LogP contribution in [0, 0.1) is 0 Å². The number of aromatic amines is 1. The third-order valence-electron chi connectivity index (χ3n) is 3.03. The number of aromatic nitrogens is 3. The smallest absolute Gasteiger partial charge is 0.343 e. The number of nitrogens with zero attached hydrogens (tertiary/aromatic N) is 2. The number of hydrogen-bond donors (Lipinski definition) is 2. The van der Waals surface area contributed by atoms with E-state index < -0.39 is 11.9 Å². The molecule has 1 heterocycles. The number of amides is 1. The van der Waals surface area contributed by atoms with Gasteiger partial charge >= 0.3 is 5.97 Å². The van der Waals surface area contributed by atoms with Crippen LogP contribution in [0.5, 0.6) is 11.5 Å². The largest absolute Gasteiger partial charge is 0.490 e. The minimum atomic E-state index is -0.726. The van der Waals surface area contributed by atoms with Crippen molar-refractivity contribution >= 4 is 43.7 Å². The van der Waals surface area contributed by atoms with Gasteiger partial charge in [-0.05, 0) is 44.8 Å². The summed E-state index contributed by atoms with van der Waals surface area (Å²) >= 11 is 6.81. The Morgan fingerprint density at radius 2 is 1.96 bits per heavy atom. The summed E-state index contributed by atoms with van der Waals surface area (Å²) in [4.78, 5) is 22.8. The summed E-state index contributed by atoms with van der Waals surface area (Å²) in [5.41, 5.74) is 6.05. The first kappa shape index (κ1) is 19.2. The monoisotopic (exact) mass is 476 g/mol. The minimum Gasteiger partial charge on any atom is -0.490 e. The van der Waals surface area contributed by atoms with Crippen LogP contribution in [0.4, 0.5) is 0 Å². The molecule has 0 unspecified atom stereocenters. The zero-order valence-electron chi connectivity index (χ0n) is 13.3. The van der Waals surface area contributed by atoms with Crippen molar-refractivity contribution in [3.8, 4) is 22.8 Å². The van der Waals surface area contributed by atoms with Crippen LogP contribution in [-0.4, -0.2) is 47.6 Å². The fraction of sp³-hybridized carbons (Fsp3) is 0.286. The van der Waals surface area contributed by atoms with Gasteiger partial charge < -0.3 is 19.9 Å². The summed E-state index contributed by atoms with van der Waals surface area (Å²) in [6, 6.07) is 1.61. The average molecular weight is 478 g/mol. The number of hydrogen-bond acceptors (Lipinski definition) is 7. The molecule has 0 aliphatic carbocycles. The van der Waals surface area contributed by atoms with Crippen molar-refractivity contribution in [2.75, 3.05) is 20.3 Å². The van der Waals surface area contributed by atoms with Crippen molar-refractivity contribution in [2.45, 2.75) is 6.92 Å². The highest BCUT2D eigenvalue weighted by atomic mass is 79.9. The number of esters is 1. The van der Waals surface area contributed by atoms with Crippen LogP contribution in [0.1, 0.15) is 17.4 Å². The molecule has 1 aromatic carbocycles. The first-order valence-electron chi connectivity index (χ1n) is 6.96. The summed E-state index contributed by atoms with van der Waals surface area (Å²) < 4.78 is 16.6. The number of methoxy groups -OCH3 is 1. The molecule has 9 nitrogen and oxygen atoms in total. The van der Waals surface area contributed by atoms with E-state index in [2.05, 4.69) is 52.0 Å². The van der Waals surface area contributed by atoms with Crippen LogP contribution >= 0.6 is 31.9 Å². The van der Waals surface area contributed by atoms with Crippen molar-refractivity contribution in [2.24, 2.45) is 5.73 Å². The molecule has 0 aliphatic rings. The number of H-pyrrole nitrogens is 1. The Morgan fingerprint density at radius 1 is 1.24 bits per heavy atom. The quantitative estimate of drug-likeness (QED) is 0.583. The van der Waals surface area contributed by atoms with Gasteiger partial charge in [-0.1, -0.05) is 0 Å². The van der Waals surface area contributed by atoms with E-state index in [1.165, 1.54) is 7.11 Å². The average Bonchev–Trinajstić information content (AvgIpc) is 3.07. The first-order chi connectivity index (χ1) is 11.9. The van der Waals surface area contributed by atoms with Crippen molar-refractivity contribution < 1.29 is 23.8 Å². The second-order valence-electron chi connectivity index (χ2n) is 4.56. The fourth-order valence-corrected chi connectivity index (χ4v) is 2.94. The summed E-state index contributed by atoms with van der Waals surface area (Å²) in [7, 11) is 1.26. The molecule has 0 fully saturated rings. The Hall–Kier alpha value is -2.14. The van der Waals surface area contributed by atoms with E-state index in [1.54, 1.807) is 13.0 Å². The molecule has 2 aromatic rings. The molecule has 0 bridgehead atoms. The van der Waals surface area contributed by atoms with Gasteiger partial charge in [0.1, 0.15) is 5.69 Å². The Balaban J connectivity index is 2.55. The molecule has 1 aromatic heterocycles. The van der Waals surface area contributed by atoms with E-state index >= 15 is 0 Å². The molecular formula is C14H14Br2N4O5. The van der Waals surface area contributed by atoms with E-state index in [0.717, 1.165) is 0 Å². The minimum absolute atomic E-state index is 0.0155. The lowest BCUT2D eigenvalue weighted by Crippen LogP contribution is -2.14. The van der Waals surface area contributed by atoms with E-state index in [-0.39, 0.29) is 18.0 Å². The zero-order chi connectivity index (χ0) is 18.6. The molecule has 0 aliphatic heterocycles. The molecule has 0 saturated carbocycles. The Labute approximate surface area is 159 Å². The number of carbonyl (C=O) groups is 2. The second-order valence-corrected chi connectivity index (χ2v) is 6.15. The highest BCUT2D eigenvalue weighted by Gasteiger charge is 2.24. The topological polar surface area (TPSA) is 129 Å². The van der Waals surface area contributed by atoms with E-state index in [9.17, 15) is 9.59 Å². The predicted molar refractivity (Wildman–Crippen MR) is 94.4 cm³/mol. The van der Waals surface area contributed by atoms with Crippen molar-refractivity contribution in [3.05, 3.63) is 20.7 Å². The van der Waals surface area contributed by atoms with Crippen LogP contribution in [0.2, 0.25) is 0 Å². The predicted octanol–water partition coefficient (Wildman–Crippen LogP) is 2.05. The molecule has 0 saturated heterocycles. The van der Waals surface area contributed by atoms with Gasteiger partial charge in [0.15, 0.2) is 23.8 Å². The number of nitrogens with two attached hydrogens (primary N) is 1. The van der Waals surface area contributed by atoms with Crippen molar-refractivity contribution in [1.29, 1.82) is 0 Å². The number of rotatable bonds is 7. The summed E-state index contributed by atoms with van der Waals surface area (Å²) in [5.74, 6) is -0.625. The number of benzene rings is 1. The molecule has 0 atom stereocenters. The van der Waals surface area contributed by atoms with Gasteiger partial charge in [-0.2, -0.15) is 15.4 Å². The molecule has 11 heteroatoms. The van der Waals surface area contributed by atoms with Crippen LogP contribution in [0.25, 0.3) is 11.3 Å². The highest BCUT2D eigenvalue weighted by Crippen LogP contribution is 2.46. The van der Waals surface area contributed by atoms with Gasteiger partial charge in [0.2, 0.25) is 0 Å². The van der Waals surface area contributed by atoms with Crippen molar-refractivity contribution in [3.63, 3.8) is 0 Å². The summed E-state index contributed by atoms with van der Waals surface area (Å²) in [6.07, 6.45) is 0. The molecule has 1 amide bonds. The lowest BCUT2D eigenvalue weighted by molar-refractivity contribution is -0.142. The van der Waals surface area contributed by atoms with Gasteiger partial charge in [-0.3, -0.25) is 4.79 Å². The Morgan fingerprint density at radius 3 is 2.56 bits per heavy atom. The first-order valence-corrected chi connectivity index (χ1v) is 8.54. The van der Waals surface area contributed by atoms with Crippen LogP contribution in [0.3, 0.4) is 0 Å². The number of ether oxygens (including phenoxy) is 3. The maximum Gasteiger partial charge on any atom is 0.343 e. The summed E-state index contributed by atoms with van der Waals surface area (Å²) in [5, 5.41) is 10.1. The standard InChI is InChI=1S/C14H14Br2N4O5/c1-3-24-7-4-6(11-12(14(17)22)19-20-18-11)9(15)10(16)13(7)25-5-8(21)23-2/h4H,3,5H2,1-2H3,(H2,17,22)(H,18,19,20). The molecule has 0 radical (unpaired) electrons. The lowest BCUT2D eigenvalue weighted by atomic mass is 10.1. The van der Waals surface area contributed by atoms with E-state index in [1.807, 2.05) is 0 Å². The highest BCUT2D eigenvalue weighted by molar-refractivity contribution is 9.13. The van der Waals surface area contributed by atoms with E-state index in [0.29, 0.717) is 32.6 Å². The maximum atomic E-state index is 11.5. The second kappa shape index (κ2) is 8.30. The number of primary amides is 1.